The number of hydrogen-bond donors (Lipinski definition) is 2. The van der Waals surface area contributed by atoms with Gasteiger partial charge in [-0.15, -0.1) is 0 Å². The van der Waals surface area contributed by atoms with Gasteiger partial charge in [0.15, 0.2) is 0 Å². The second-order valence-electron chi connectivity index (χ2n) is 5.34. The summed E-state index contributed by atoms with van der Waals surface area (Å²) in [6.45, 7) is 4.00. The van der Waals surface area contributed by atoms with Crippen LogP contribution in [0.3, 0.4) is 0 Å². The van der Waals surface area contributed by atoms with Gasteiger partial charge >= 0.3 is 0 Å². The van der Waals surface area contributed by atoms with Crippen LogP contribution >= 0.6 is 0 Å². The van der Waals surface area contributed by atoms with Crippen molar-refractivity contribution in [2.75, 3.05) is 6.61 Å². The predicted molar refractivity (Wildman–Crippen MR) is 81.4 cm³/mol. The molecule has 0 spiro atoms. The Kier molecular flexibility index (Phi) is 4.75. The number of aromatic nitrogens is 2. The fourth-order valence-electron chi connectivity index (χ4n) is 2.11. The summed E-state index contributed by atoms with van der Waals surface area (Å²) in [6, 6.07) is 9.12. The first kappa shape index (κ1) is 15.3. The van der Waals surface area contributed by atoms with Gasteiger partial charge in [0.25, 0.3) is 5.91 Å². The van der Waals surface area contributed by atoms with Crippen LogP contribution in [0.2, 0.25) is 0 Å². The molecule has 1 heterocycles. The Morgan fingerprint density at radius 1 is 1.38 bits per heavy atom. The third-order valence-corrected chi connectivity index (χ3v) is 3.76. The van der Waals surface area contributed by atoms with E-state index in [9.17, 15) is 4.79 Å². The molecule has 1 aromatic heterocycles. The number of aliphatic hydroxyl groups excluding tert-OH is 1. The van der Waals surface area contributed by atoms with Crippen LogP contribution in [0.4, 0.5) is 0 Å². The zero-order valence-corrected chi connectivity index (χ0v) is 12.4. The molecular formula is C16H21N3O2. The molecule has 0 saturated carbocycles. The Balaban J connectivity index is 2.10. The average molecular weight is 287 g/mol. The highest BCUT2D eigenvalue weighted by Gasteiger charge is 2.24. The molecule has 5 nitrogen and oxygen atoms in total. The first-order valence-corrected chi connectivity index (χ1v) is 7.11. The number of amides is 1. The van der Waals surface area contributed by atoms with Gasteiger partial charge in [0.1, 0.15) is 0 Å². The topological polar surface area (TPSA) is 67.2 Å². The van der Waals surface area contributed by atoms with E-state index in [1.807, 2.05) is 38.2 Å². The van der Waals surface area contributed by atoms with Crippen LogP contribution in [0.1, 0.15) is 37.0 Å². The molecule has 2 rings (SSSR count). The van der Waals surface area contributed by atoms with Crippen LogP contribution in [-0.4, -0.2) is 32.9 Å². The van der Waals surface area contributed by atoms with Crippen LogP contribution < -0.4 is 5.32 Å². The molecule has 0 bridgehead atoms. The van der Waals surface area contributed by atoms with Crippen molar-refractivity contribution in [3.63, 3.8) is 0 Å². The minimum absolute atomic E-state index is 0.0584. The van der Waals surface area contributed by atoms with Crippen molar-refractivity contribution in [2.24, 2.45) is 0 Å². The molecular weight excluding hydrogens is 266 g/mol. The van der Waals surface area contributed by atoms with Crippen LogP contribution in [0.5, 0.6) is 0 Å². The van der Waals surface area contributed by atoms with Crippen molar-refractivity contribution in [1.82, 2.24) is 15.1 Å². The average Bonchev–Trinajstić information content (AvgIpc) is 3.02. The number of benzene rings is 1. The summed E-state index contributed by atoms with van der Waals surface area (Å²) in [7, 11) is 0. The number of hydrogen-bond acceptors (Lipinski definition) is 3. The molecule has 1 atom stereocenters. The van der Waals surface area contributed by atoms with Crippen molar-refractivity contribution in [2.45, 2.75) is 32.2 Å². The maximum Gasteiger partial charge on any atom is 0.251 e. The molecule has 1 amide bonds. The number of carbonyl (C=O) groups excluding carboxylic acids is 1. The number of aliphatic hydroxyl groups is 1. The van der Waals surface area contributed by atoms with E-state index in [0.717, 1.165) is 12.1 Å². The smallest absolute Gasteiger partial charge is 0.251 e. The van der Waals surface area contributed by atoms with Crippen LogP contribution in [-0.2, 0) is 0 Å². The fourth-order valence-corrected chi connectivity index (χ4v) is 2.11. The van der Waals surface area contributed by atoms with Gasteiger partial charge in [0.05, 0.1) is 5.69 Å². The van der Waals surface area contributed by atoms with Gasteiger partial charge in [-0.2, -0.15) is 5.10 Å². The van der Waals surface area contributed by atoms with Gasteiger partial charge in [-0.05, 0) is 50.1 Å². The monoisotopic (exact) mass is 287 g/mol. The molecule has 0 aliphatic carbocycles. The second-order valence-corrected chi connectivity index (χ2v) is 5.34. The molecule has 112 valence electrons. The van der Waals surface area contributed by atoms with Crippen LogP contribution in [0, 0.1) is 0 Å². The van der Waals surface area contributed by atoms with Gasteiger partial charge in [-0.1, -0.05) is 6.92 Å². The highest BCUT2D eigenvalue weighted by Crippen LogP contribution is 2.16. The first-order chi connectivity index (χ1) is 10.1. The summed E-state index contributed by atoms with van der Waals surface area (Å²) >= 11 is 0. The molecule has 1 aromatic carbocycles. The Bertz CT molecular complexity index is 578. The molecule has 0 radical (unpaired) electrons. The lowest BCUT2D eigenvalue weighted by molar-refractivity contribution is 0.0886. The first-order valence-electron chi connectivity index (χ1n) is 7.11. The highest BCUT2D eigenvalue weighted by atomic mass is 16.3. The van der Waals surface area contributed by atoms with Gasteiger partial charge in [0, 0.05) is 30.1 Å². The molecule has 1 unspecified atom stereocenters. The lowest BCUT2D eigenvalue weighted by atomic mass is 9.94. The molecule has 5 heteroatoms. The maximum absolute atomic E-state index is 12.3. The van der Waals surface area contributed by atoms with Crippen molar-refractivity contribution in [3.8, 4) is 5.69 Å². The third kappa shape index (κ3) is 3.70. The summed E-state index contributed by atoms with van der Waals surface area (Å²) in [5.74, 6) is -0.125. The Morgan fingerprint density at radius 2 is 2.10 bits per heavy atom. The predicted octanol–water partition coefficient (Wildman–Crippen LogP) is 2.15. The molecule has 2 N–H and O–H groups in total. The van der Waals surface area contributed by atoms with E-state index in [1.165, 1.54) is 0 Å². The highest BCUT2D eigenvalue weighted by molar-refractivity contribution is 5.94. The van der Waals surface area contributed by atoms with E-state index in [4.69, 9.17) is 5.11 Å². The number of rotatable bonds is 6. The van der Waals surface area contributed by atoms with Crippen LogP contribution in [0.25, 0.3) is 5.69 Å². The summed E-state index contributed by atoms with van der Waals surface area (Å²) in [6.07, 6.45) is 4.87. The van der Waals surface area contributed by atoms with E-state index < -0.39 is 0 Å². The quantitative estimate of drug-likeness (QED) is 0.855. The summed E-state index contributed by atoms with van der Waals surface area (Å²) < 4.78 is 1.74. The molecule has 0 aliphatic heterocycles. The SMILES string of the molecule is CCC(C)(CCO)NC(=O)c1ccc(-n2cccn2)cc1. The Morgan fingerprint density at radius 3 is 2.62 bits per heavy atom. The van der Waals surface area contributed by atoms with Gasteiger partial charge in [-0.25, -0.2) is 4.68 Å². The van der Waals surface area contributed by atoms with Crippen molar-refractivity contribution < 1.29 is 9.90 Å². The molecule has 0 saturated heterocycles. The molecule has 0 fully saturated rings. The third-order valence-electron chi connectivity index (χ3n) is 3.76. The zero-order valence-electron chi connectivity index (χ0n) is 12.4. The van der Waals surface area contributed by atoms with Crippen molar-refractivity contribution >= 4 is 5.91 Å². The lowest BCUT2D eigenvalue weighted by Gasteiger charge is -2.29. The zero-order chi connectivity index (χ0) is 15.3. The normalized spacial score (nSPS) is 13.7. The molecule has 0 aliphatic rings. The Labute approximate surface area is 124 Å². The summed E-state index contributed by atoms with van der Waals surface area (Å²) in [4.78, 5) is 12.3. The Hall–Kier alpha value is -2.14. The number of carbonyl (C=O) groups is 1. The largest absolute Gasteiger partial charge is 0.396 e. The summed E-state index contributed by atoms with van der Waals surface area (Å²) in [5, 5.41) is 16.2. The van der Waals surface area contributed by atoms with E-state index in [2.05, 4.69) is 10.4 Å². The van der Waals surface area contributed by atoms with E-state index in [-0.39, 0.29) is 18.1 Å². The van der Waals surface area contributed by atoms with Gasteiger partial charge < -0.3 is 10.4 Å². The van der Waals surface area contributed by atoms with Crippen molar-refractivity contribution in [3.05, 3.63) is 48.3 Å². The van der Waals surface area contributed by atoms with E-state index in [1.54, 1.807) is 23.0 Å². The minimum Gasteiger partial charge on any atom is -0.396 e. The summed E-state index contributed by atoms with van der Waals surface area (Å²) in [5.41, 5.74) is 1.13. The van der Waals surface area contributed by atoms with Gasteiger partial charge in [-0.3, -0.25) is 4.79 Å². The number of nitrogens with one attached hydrogen (secondary N) is 1. The fraction of sp³-hybridized carbons (Fsp3) is 0.375. The second kappa shape index (κ2) is 6.54. The molecule has 2 aromatic rings. The van der Waals surface area contributed by atoms with E-state index in [0.29, 0.717) is 12.0 Å². The van der Waals surface area contributed by atoms with E-state index >= 15 is 0 Å². The van der Waals surface area contributed by atoms with Gasteiger partial charge in [0.2, 0.25) is 0 Å². The lowest BCUT2D eigenvalue weighted by Crippen LogP contribution is -2.46. The van der Waals surface area contributed by atoms with Crippen LogP contribution in [0.15, 0.2) is 42.7 Å². The molecule has 21 heavy (non-hydrogen) atoms. The van der Waals surface area contributed by atoms with Crippen molar-refractivity contribution in [1.29, 1.82) is 0 Å². The minimum atomic E-state index is -0.382. The standard InChI is InChI=1S/C16H21N3O2/c1-3-16(2,9-12-20)18-15(21)13-5-7-14(8-6-13)19-11-4-10-17-19/h4-8,10-11,20H,3,9,12H2,1-2H3,(H,18,21). The maximum atomic E-state index is 12.3. The number of nitrogens with zero attached hydrogens (tertiary/aromatic N) is 2.